The maximum Gasteiger partial charge on any atom is 0.311 e. The molecule has 0 amide bonds. The SMILES string of the molecule is CCCCCCc1ccc(O)cc1OC(=O)CCCN(C)C.CCCCCCc1ccc(OC(=O)CCCN(C)C)cc1O. The van der Waals surface area contributed by atoms with Crippen molar-refractivity contribution in [1.29, 1.82) is 0 Å². The number of benzene rings is 2. The van der Waals surface area contributed by atoms with Crippen molar-refractivity contribution in [2.75, 3.05) is 41.3 Å². The molecular weight excluding hydrogens is 556 g/mol. The molecule has 0 aromatic heterocycles. The molecule has 248 valence electrons. The van der Waals surface area contributed by atoms with Gasteiger partial charge in [-0.15, -0.1) is 0 Å². The monoisotopic (exact) mass is 614 g/mol. The summed E-state index contributed by atoms with van der Waals surface area (Å²) in [6.07, 6.45) is 13.4. The normalized spacial score (nSPS) is 10.9. The Labute approximate surface area is 266 Å². The molecule has 0 spiro atoms. The van der Waals surface area contributed by atoms with Crippen molar-refractivity contribution in [3.63, 3.8) is 0 Å². The number of phenols is 2. The van der Waals surface area contributed by atoms with E-state index in [9.17, 15) is 19.8 Å². The number of rotatable bonds is 20. The second-order valence-corrected chi connectivity index (χ2v) is 12.0. The number of phenolic OH excluding ortho intramolecular Hbond substituents is 2. The van der Waals surface area contributed by atoms with Gasteiger partial charge < -0.3 is 29.5 Å². The highest BCUT2D eigenvalue weighted by molar-refractivity contribution is 5.73. The van der Waals surface area contributed by atoms with E-state index in [1.165, 1.54) is 38.5 Å². The highest BCUT2D eigenvalue weighted by Crippen LogP contribution is 2.27. The van der Waals surface area contributed by atoms with Gasteiger partial charge in [-0.1, -0.05) is 64.5 Å². The van der Waals surface area contributed by atoms with Gasteiger partial charge in [0.15, 0.2) is 0 Å². The molecule has 0 saturated heterocycles. The Hall–Kier alpha value is -3.10. The van der Waals surface area contributed by atoms with Crippen LogP contribution in [0.2, 0.25) is 0 Å². The van der Waals surface area contributed by atoms with E-state index in [0.717, 1.165) is 62.7 Å². The Kier molecular flexibility index (Phi) is 20.6. The lowest BCUT2D eigenvalue weighted by atomic mass is 10.1. The van der Waals surface area contributed by atoms with Crippen molar-refractivity contribution in [3.8, 4) is 23.0 Å². The van der Waals surface area contributed by atoms with Crippen LogP contribution in [0.1, 0.15) is 102 Å². The van der Waals surface area contributed by atoms with Crippen molar-refractivity contribution in [2.45, 2.75) is 104 Å². The van der Waals surface area contributed by atoms with Crippen LogP contribution in [0.4, 0.5) is 0 Å². The zero-order chi connectivity index (χ0) is 32.7. The van der Waals surface area contributed by atoms with E-state index in [0.29, 0.717) is 24.3 Å². The average molecular weight is 615 g/mol. The molecule has 2 aromatic carbocycles. The Morgan fingerprint density at radius 1 is 0.636 bits per heavy atom. The van der Waals surface area contributed by atoms with E-state index >= 15 is 0 Å². The van der Waals surface area contributed by atoms with Crippen LogP contribution < -0.4 is 9.47 Å². The lowest BCUT2D eigenvalue weighted by Gasteiger charge is -2.12. The number of hydrogen-bond acceptors (Lipinski definition) is 8. The number of carbonyl (C=O) groups is 2. The summed E-state index contributed by atoms with van der Waals surface area (Å²) >= 11 is 0. The van der Waals surface area contributed by atoms with Gasteiger partial charge >= 0.3 is 11.9 Å². The van der Waals surface area contributed by atoms with Gasteiger partial charge in [-0.2, -0.15) is 0 Å². The van der Waals surface area contributed by atoms with Crippen molar-refractivity contribution >= 4 is 11.9 Å². The van der Waals surface area contributed by atoms with Gasteiger partial charge in [0.2, 0.25) is 0 Å². The van der Waals surface area contributed by atoms with E-state index in [2.05, 4.69) is 13.8 Å². The Bertz CT molecular complexity index is 1090. The smallest absolute Gasteiger partial charge is 0.311 e. The highest BCUT2D eigenvalue weighted by Gasteiger charge is 2.11. The second-order valence-electron chi connectivity index (χ2n) is 12.0. The van der Waals surface area contributed by atoms with Gasteiger partial charge in [-0.05, 0) is 103 Å². The quantitative estimate of drug-likeness (QED) is 0.0897. The Morgan fingerprint density at radius 2 is 1.16 bits per heavy atom. The first-order valence-electron chi connectivity index (χ1n) is 16.4. The summed E-state index contributed by atoms with van der Waals surface area (Å²) in [6.45, 7) is 6.08. The number of esters is 2. The topological polar surface area (TPSA) is 99.5 Å². The molecule has 0 bridgehead atoms. The van der Waals surface area contributed by atoms with Crippen LogP contribution in [-0.2, 0) is 22.4 Å². The van der Waals surface area contributed by atoms with E-state index < -0.39 is 0 Å². The molecule has 2 N–H and O–H groups in total. The summed E-state index contributed by atoms with van der Waals surface area (Å²) in [6, 6.07) is 10.2. The minimum absolute atomic E-state index is 0.133. The predicted molar refractivity (Wildman–Crippen MR) is 179 cm³/mol. The van der Waals surface area contributed by atoms with Crippen molar-refractivity contribution in [2.24, 2.45) is 0 Å². The largest absolute Gasteiger partial charge is 0.508 e. The third kappa shape index (κ3) is 18.5. The van der Waals surface area contributed by atoms with Crippen LogP contribution in [0.15, 0.2) is 36.4 Å². The van der Waals surface area contributed by atoms with Crippen LogP contribution in [0.25, 0.3) is 0 Å². The second kappa shape index (κ2) is 23.3. The number of aryl methyl sites for hydroxylation is 2. The fourth-order valence-electron chi connectivity index (χ4n) is 4.58. The third-order valence-electron chi connectivity index (χ3n) is 7.13. The van der Waals surface area contributed by atoms with Crippen LogP contribution in [0.5, 0.6) is 23.0 Å². The maximum atomic E-state index is 11.9. The van der Waals surface area contributed by atoms with Crippen molar-refractivity contribution in [3.05, 3.63) is 47.5 Å². The number of nitrogens with zero attached hydrogens (tertiary/aromatic N) is 2. The van der Waals surface area contributed by atoms with E-state index in [-0.39, 0.29) is 23.4 Å². The standard InChI is InChI=1S/2C18H29NO3/c1-4-5-6-7-9-15-11-12-16(14-17(15)20)22-18(21)10-8-13-19(2)3;1-4-5-6-7-9-15-11-12-16(20)14-17(15)22-18(21)10-8-13-19(2)3/h2*11-12,14,20H,4-10,13H2,1-3H3. The molecule has 0 fully saturated rings. The minimum Gasteiger partial charge on any atom is -0.508 e. The molecular formula is C36H58N2O6. The van der Waals surface area contributed by atoms with Crippen LogP contribution in [-0.4, -0.2) is 73.2 Å². The van der Waals surface area contributed by atoms with Crippen molar-refractivity contribution < 1.29 is 29.3 Å². The molecule has 0 aliphatic carbocycles. The van der Waals surface area contributed by atoms with Gasteiger partial charge in [-0.25, -0.2) is 0 Å². The fraction of sp³-hybridized carbons (Fsp3) is 0.611. The number of hydrogen-bond donors (Lipinski definition) is 2. The van der Waals surface area contributed by atoms with Gasteiger partial charge in [0.05, 0.1) is 0 Å². The van der Waals surface area contributed by atoms with E-state index in [4.69, 9.17) is 9.47 Å². The van der Waals surface area contributed by atoms with Crippen LogP contribution >= 0.6 is 0 Å². The van der Waals surface area contributed by atoms with Crippen molar-refractivity contribution in [1.82, 2.24) is 9.80 Å². The molecule has 0 radical (unpaired) electrons. The number of ether oxygens (including phenoxy) is 2. The summed E-state index contributed by atoms with van der Waals surface area (Å²) in [5, 5.41) is 19.6. The molecule has 8 nitrogen and oxygen atoms in total. The molecule has 0 saturated carbocycles. The fourth-order valence-corrected chi connectivity index (χ4v) is 4.58. The van der Waals surface area contributed by atoms with E-state index in [1.54, 1.807) is 24.3 Å². The van der Waals surface area contributed by atoms with E-state index in [1.807, 2.05) is 50.1 Å². The summed E-state index contributed by atoms with van der Waals surface area (Å²) in [4.78, 5) is 27.7. The molecule has 0 aliphatic rings. The highest BCUT2D eigenvalue weighted by atomic mass is 16.5. The third-order valence-corrected chi connectivity index (χ3v) is 7.13. The maximum absolute atomic E-state index is 11.9. The summed E-state index contributed by atoms with van der Waals surface area (Å²) in [5.74, 6) is 0.790. The first-order valence-corrected chi connectivity index (χ1v) is 16.4. The van der Waals surface area contributed by atoms with Crippen LogP contribution in [0.3, 0.4) is 0 Å². The zero-order valence-corrected chi connectivity index (χ0v) is 28.2. The lowest BCUT2D eigenvalue weighted by Crippen LogP contribution is -2.16. The molecule has 2 aromatic rings. The average Bonchev–Trinajstić information content (AvgIpc) is 2.95. The first kappa shape index (κ1) is 38.9. The molecule has 0 heterocycles. The molecule has 44 heavy (non-hydrogen) atoms. The molecule has 0 atom stereocenters. The summed E-state index contributed by atoms with van der Waals surface area (Å²) in [7, 11) is 7.91. The molecule has 0 aliphatic heterocycles. The lowest BCUT2D eigenvalue weighted by molar-refractivity contribution is -0.135. The summed E-state index contributed by atoms with van der Waals surface area (Å²) in [5.41, 5.74) is 1.92. The van der Waals surface area contributed by atoms with Gasteiger partial charge in [-0.3, -0.25) is 9.59 Å². The van der Waals surface area contributed by atoms with Gasteiger partial charge in [0.1, 0.15) is 23.0 Å². The van der Waals surface area contributed by atoms with Crippen LogP contribution in [0, 0.1) is 0 Å². The molecule has 0 unspecified atom stereocenters. The van der Waals surface area contributed by atoms with Gasteiger partial charge in [0.25, 0.3) is 0 Å². The van der Waals surface area contributed by atoms with Gasteiger partial charge in [0, 0.05) is 25.0 Å². The summed E-state index contributed by atoms with van der Waals surface area (Å²) < 4.78 is 10.7. The zero-order valence-electron chi connectivity index (χ0n) is 28.2. The predicted octanol–water partition coefficient (Wildman–Crippen LogP) is 7.52. The number of carbonyl (C=O) groups excluding carboxylic acids is 2. The first-order chi connectivity index (χ1) is 21.0. The minimum atomic E-state index is -0.253. The Morgan fingerprint density at radius 3 is 1.68 bits per heavy atom. The number of aromatic hydroxyl groups is 2. The molecule has 2 rings (SSSR count). The number of unbranched alkanes of at least 4 members (excludes halogenated alkanes) is 6. The molecule has 8 heteroatoms. The Balaban J connectivity index is 0.000000440.